The molecule has 0 aliphatic heterocycles. The molecule has 0 aromatic carbocycles. The van der Waals surface area contributed by atoms with Crippen LogP contribution in [0.15, 0.2) is 0 Å². The van der Waals surface area contributed by atoms with Crippen LogP contribution < -0.4 is 0 Å². The van der Waals surface area contributed by atoms with E-state index in [1.165, 1.54) is 26.0 Å². The second kappa shape index (κ2) is 7.17. The SMILES string of the molecule is CCSC(C#N)(CC(C)(C)C(=O)OC)C(C)(C)C(=O)OC. The van der Waals surface area contributed by atoms with Crippen molar-refractivity contribution in [3.8, 4) is 6.07 Å². The van der Waals surface area contributed by atoms with Crippen molar-refractivity contribution in [2.75, 3.05) is 20.0 Å². The molecule has 0 aromatic rings. The van der Waals surface area contributed by atoms with Crippen LogP contribution in [0.3, 0.4) is 0 Å². The minimum absolute atomic E-state index is 0.198. The molecule has 0 saturated carbocycles. The van der Waals surface area contributed by atoms with E-state index in [9.17, 15) is 14.9 Å². The summed E-state index contributed by atoms with van der Waals surface area (Å²) in [5.74, 6) is -0.226. The van der Waals surface area contributed by atoms with Gasteiger partial charge in [-0.2, -0.15) is 5.26 Å². The Bertz CT molecular complexity index is 439. The van der Waals surface area contributed by atoms with Crippen molar-refractivity contribution in [2.24, 2.45) is 10.8 Å². The van der Waals surface area contributed by atoms with Gasteiger partial charge in [-0.15, -0.1) is 11.8 Å². The van der Waals surface area contributed by atoms with E-state index in [-0.39, 0.29) is 6.42 Å². The van der Waals surface area contributed by atoms with Crippen LogP contribution in [-0.4, -0.2) is 36.7 Å². The van der Waals surface area contributed by atoms with Crippen LogP contribution in [0.1, 0.15) is 41.0 Å². The fraction of sp³-hybridized carbons (Fsp3) is 0.800. The fourth-order valence-electron chi connectivity index (χ4n) is 2.30. The summed E-state index contributed by atoms with van der Waals surface area (Å²) in [6.45, 7) is 8.70. The number of nitriles is 1. The Balaban J connectivity index is 5.84. The Hall–Kier alpha value is -1.22. The van der Waals surface area contributed by atoms with Crippen molar-refractivity contribution >= 4 is 23.7 Å². The quantitative estimate of drug-likeness (QED) is 0.672. The Morgan fingerprint density at radius 1 is 1.10 bits per heavy atom. The summed E-state index contributed by atoms with van der Waals surface area (Å²) < 4.78 is 8.58. The number of thioether (sulfide) groups is 1. The number of esters is 2. The highest BCUT2D eigenvalue weighted by Gasteiger charge is 2.55. The smallest absolute Gasteiger partial charge is 0.313 e. The van der Waals surface area contributed by atoms with Crippen molar-refractivity contribution in [3.63, 3.8) is 0 Å². The summed E-state index contributed by atoms with van der Waals surface area (Å²) >= 11 is 1.36. The maximum Gasteiger partial charge on any atom is 0.313 e. The van der Waals surface area contributed by atoms with E-state index in [0.29, 0.717) is 5.75 Å². The van der Waals surface area contributed by atoms with E-state index in [2.05, 4.69) is 6.07 Å². The van der Waals surface area contributed by atoms with Crippen LogP contribution in [0.4, 0.5) is 0 Å². The van der Waals surface area contributed by atoms with E-state index in [0.717, 1.165) is 0 Å². The van der Waals surface area contributed by atoms with Gasteiger partial charge >= 0.3 is 11.9 Å². The monoisotopic (exact) mass is 315 g/mol. The number of hydrogen-bond acceptors (Lipinski definition) is 6. The van der Waals surface area contributed by atoms with Crippen LogP contribution >= 0.6 is 11.8 Å². The molecule has 0 rings (SSSR count). The molecule has 120 valence electrons. The second-order valence-corrected chi connectivity index (χ2v) is 7.60. The molecule has 21 heavy (non-hydrogen) atoms. The summed E-state index contributed by atoms with van der Waals surface area (Å²) in [5, 5.41) is 9.77. The zero-order chi connectivity index (χ0) is 16.9. The summed E-state index contributed by atoms with van der Waals surface area (Å²) in [7, 11) is 2.62. The zero-order valence-electron chi connectivity index (χ0n) is 13.9. The minimum atomic E-state index is -1.08. The third-order valence-electron chi connectivity index (χ3n) is 3.71. The van der Waals surface area contributed by atoms with Crippen LogP contribution in [0.5, 0.6) is 0 Å². The Morgan fingerprint density at radius 3 is 1.90 bits per heavy atom. The molecule has 6 heteroatoms. The van der Waals surface area contributed by atoms with Crippen molar-refractivity contribution in [1.82, 2.24) is 0 Å². The van der Waals surface area contributed by atoms with E-state index in [1.807, 2.05) is 6.92 Å². The lowest BCUT2D eigenvalue weighted by molar-refractivity contribution is -0.156. The van der Waals surface area contributed by atoms with E-state index < -0.39 is 27.5 Å². The summed E-state index contributed by atoms with van der Waals surface area (Å²) in [5.41, 5.74) is -1.93. The molecule has 0 aliphatic carbocycles. The van der Waals surface area contributed by atoms with Gasteiger partial charge in [-0.1, -0.05) is 6.92 Å². The average molecular weight is 315 g/mol. The number of rotatable bonds is 7. The van der Waals surface area contributed by atoms with Crippen molar-refractivity contribution in [2.45, 2.75) is 45.8 Å². The van der Waals surface area contributed by atoms with Crippen molar-refractivity contribution < 1.29 is 19.1 Å². The molecule has 0 N–H and O–H groups in total. The molecule has 1 atom stereocenters. The van der Waals surface area contributed by atoms with E-state index in [4.69, 9.17) is 9.47 Å². The molecule has 0 heterocycles. The number of hydrogen-bond donors (Lipinski definition) is 0. The van der Waals surface area contributed by atoms with Crippen molar-refractivity contribution in [1.29, 1.82) is 5.26 Å². The summed E-state index contributed by atoms with van der Waals surface area (Å²) in [4.78, 5) is 24.1. The van der Waals surface area contributed by atoms with Gasteiger partial charge in [-0.25, -0.2) is 0 Å². The highest BCUT2D eigenvalue weighted by molar-refractivity contribution is 8.00. The van der Waals surface area contributed by atoms with Gasteiger partial charge in [-0.05, 0) is 39.9 Å². The lowest BCUT2D eigenvalue weighted by Gasteiger charge is -2.42. The lowest BCUT2D eigenvalue weighted by Crippen LogP contribution is -2.50. The molecular formula is C15H25NO4S. The number of nitrogens with zero attached hydrogens (tertiary/aromatic N) is 1. The maximum absolute atomic E-state index is 12.1. The fourth-order valence-corrected chi connectivity index (χ4v) is 3.77. The van der Waals surface area contributed by atoms with Crippen LogP contribution in [0, 0.1) is 22.2 Å². The second-order valence-electron chi connectivity index (χ2n) is 6.04. The first kappa shape index (κ1) is 19.8. The first-order valence-electron chi connectivity index (χ1n) is 6.76. The molecule has 0 bridgehead atoms. The predicted octanol–water partition coefficient (Wildman–Crippen LogP) is 2.79. The molecule has 5 nitrogen and oxygen atoms in total. The molecule has 0 fully saturated rings. The molecule has 0 radical (unpaired) electrons. The number of carbonyl (C=O) groups is 2. The highest BCUT2D eigenvalue weighted by Crippen LogP contribution is 2.49. The molecule has 0 aromatic heterocycles. The van der Waals surface area contributed by atoms with Gasteiger partial charge in [-0.3, -0.25) is 9.59 Å². The van der Waals surface area contributed by atoms with Crippen LogP contribution in [0.25, 0.3) is 0 Å². The standard InChI is InChI=1S/C15H25NO4S/c1-8-21-15(10-16,14(4,5)12(18)20-7)9-13(2,3)11(17)19-6/h8-9H2,1-7H3. The predicted molar refractivity (Wildman–Crippen MR) is 82.7 cm³/mol. The third-order valence-corrected chi connectivity index (χ3v) is 5.23. The zero-order valence-corrected chi connectivity index (χ0v) is 14.7. The van der Waals surface area contributed by atoms with Gasteiger partial charge in [0.1, 0.15) is 4.75 Å². The minimum Gasteiger partial charge on any atom is -0.469 e. The van der Waals surface area contributed by atoms with Crippen LogP contribution in [0.2, 0.25) is 0 Å². The topological polar surface area (TPSA) is 76.4 Å². The Kier molecular flexibility index (Phi) is 6.75. The molecule has 1 unspecified atom stereocenters. The molecule has 0 saturated heterocycles. The molecule has 0 aliphatic rings. The number of ether oxygens (including phenoxy) is 2. The first-order chi connectivity index (χ1) is 9.54. The Morgan fingerprint density at radius 2 is 1.57 bits per heavy atom. The van der Waals surface area contributed by atoms with Gasteiger partial charge in [0.2, 0.25) is 0 Å². The van der Waals surface area contributed by atoms with Gasteiger partial charge < -0.3 is 9.47 Å². The van der Waals surface area contributed by atoms with E-state index in [1.54, 1.807) is 27.7 Å². The summed E-state index contributed by atoms with van der Waals surface area (Å²) in [6, 6.07) is 2.26. The van der Waals surface area contributed by atoms with Crippen LogP contribution in [-0.2, 0) is 19.1 Å². The maximum atomic E-state index is 12.1. The lowest BCUT2D eigenvalue weighted by atomic mass is 9.70. The molecular weight excluding hydrogens is 290 g/mol. The number of carbonyl (C=O) groups excluding carboxylic acids is 2. The largest absolute Gasteiger partial charge is 0.469 e. The van der Waals surface area contributed by atoms with Gasteiger partial charge in [0, 0.05) is 0 Å². The van der Waals surface area contributed by atoms with Crippen molar-refractivity contribution in [3.05, 3.63) is 0 Å². The molecule has 0 spiro atoms. The van der Waals surface area contributed by atoms with Gasteiger partial charge in [0.15, 0.2) is 0 Å². The summed E-state index contributed by atoms with van der Waals surface area (Å²) in [6.07, 6.45) is 0.198. The van der Waals surface area contributed by atoms with E-state index >= 15 is 0 Å². The average Bonchev–Trinajstić information content (AvgIpc) is 2.43. The number of methoxy groups -OCH3 is 2. The van der Waals surface area contributed by atoms with Gasteiger partial charge in [0.05, 0.1) is 31.1 Å². The Labute approximate surface area is 131 Å². The molecule has 0 amide bonds. The normalized spacial score (nSPS) is 14.8. The highest BCUT2D eigenvalue weighted by atomic mass is 32.2. The van der Waals surface area contributed by atoms with Gasteiger partial charge in [0.25, 0.3) is 0 Å². The first-order valence-corrected chi connectivity index (χ1v) is 7.75. The third kappa shape index (κ3) is 3.91.